The molecule has 17 heavy (non-hydrogen) atoms. The number of carboxylic acids is 2. The molecular formula is C11H11FO5. The second-order valence-electron chi connectivity index (χ2n) is 3.39. The predicted octanol–water partition coefficient (Wildman–Crippen LogP) is 1.16. The molecule has 0 amide bonds. The third-order valence-corrected chi connectivity index (χ3v) is 2.26. The van der Waals surface area contributed by atoms with Gasteiger partial charge in [0.2, 0.25) is 0 Å². The number of ether oxygens (including phenoxy) is 1. The standard InChI is InChI=1S/C11H11FO5/c1-17-9-3-2-7(12)4-6(9)5-8(10(13)14)11(15)16/h2-4,8H,5H2,1H3,(H,13,14)(H,15,16). The van der Waals surface area contributed by atoms with Gasteiger partial charge in [0.25, 0.3) is 0 Å². The highest BCUT2D eigenvalue weighted by atomic mass is 19.1. The Labute approximate surface area is 96.4 Å². The van der Waals surface area contributed by atoms with Crippen molar-refractivity contribution < 1.29 is 28.9 Å². The van der Waals surface area contributed by atoms with Crippen molar-refractivity contribution >= 4 is 11.9 Å². The number of rotatable bonds is 5. The number of methoxy groups -OCH3 is 1. The van der Waals surface area contributed by atoms with Gasteiger partial charge < -0.3 is 14.9 Å². The first-order valence-electron chi connectivity index (χ1n) is 4.73. The molecule has 0 fully saturated rings. The van der Waals surface area contributed by atoms with E-state index < -0.39 is 23.7 Å². The molecule has 5 nitrogen and oxygen atoms in total. The van der Waals surface area contributed by atoms with Gasteiger partial charge in [-0.05, 0) is 23.8 Å². The van der Waals surface area contributed by atoms with Crippen molar-refractivity contribution in [1.29, 1.82) is 0 Å². The lowest BCUT2D eigenvalue weighted by Crippen LogP contribution is -2.25. The summed E-state index contributed by atoms with van der Waals surface area (Å²) in [6.07, 6.45) is -0.328. The maximum atomic E-state index is 13.0. The summed E-state index contributed by atoms with van der Waals surface area (Å²) >= 11 is 0. The molecule has 1 aromatic carbocycles. The Kier molecular flexibility index (Phi) is 4.03. The van der Waals surface area contributed by atoms with Crippen molar-refractivity contribution in [2.75, 3.05) is 7.11 Å². The minimum Gasteiger partial charge on any atom is -0.496 e. The number of carboxylic acid groups (broad SMARTS) is 2. The Hall–Kier alpha value is -2.11. The largest absolute Gasteiger partial charge is 0.496 e. The highest BCUT2D eigenvalue weighted by Crippen LogP contribution is 2.22. The van der Waals surface area contributed by atoms with Crippen LogP contribution in [0.1, 0.15) is 5.56 Å². The zero-order valence-electron chi connectivity index (χ0n) is 9.01. The maximum absolute atomic E-state index is 13.0. The monoisotopic (exact) mass is 242 g/mol. The third kappa shape index (κ3) is 3.17. The highest BCUT2D eigenvalue weighted by molar-refractivity contribution is 5.93. The molecule has 0 saturated heterocycles. The zero-order chi connectivity index (χ0) is 13.0. The van der Waals surface area contributed by atoms with Crippen molar-refractivity contribution in [2.24, 2.45) is 5.92 Å². The van der Waals surface area contributed by atoms with Crippen LogP contribution < -0.4 is 4.74 Å². The van der Waals surface area contributed by atoms with Crippen LogP contribution >= 0.6 is 0 Å². The summed E-state index contributed by atoms with van der Waals surface area (Å²) in [5, 5.41) is 17.4. The van der Waals surface area contributed by atoms with Gasteiger partial charge in [-0.15, -0.1) is 0 Å². The van der Waals surface area contributed by atoms with Crippen LogP contribution in [0.3, 0.4) is 0 Å². The van der Waals surface area contributed by atoms with Gasteiger partial charge in [-0.2, -0.15) is 0 Å². The van der Waals surface area contributed by atoms with Crippen LogP contribution in [-0.2, 0) is 16.0 Å². The molecule has 0 aliphatic carbocycles. The molecule has 92 valence electrons. The van der Waals surface area contributed by atoms with E-state index in [4.69, 9.17) is 14.9 Å². The van der Waals surface area contributed by atoms with Gasteiger partial charge in [0.1, 0.15) is 11.6 Å². The first-order chi connectivity index (χ1) is 7.95. The summed E-state index contributed by atoms with van der Waals surface area (Å²) < 4.78 is 17.9. The van der Waals surface area contributed by atoms with E-state index in [2.05, 4.69) is 0 Å². The van der Waals surface area contributed by atoms with E-state index in [1.165, 1.54) is 13.2 Å². The summed E-state index contributed by atoms with van der Waals surface area (Å²) in [5.41, 5.74) is 0.210. The lowest BCUT2D eigenvalue weighted by molar-refractivity contribution is -0.154. The van der Waals surface area contributed by atoms with Crippen molar-refractivity contribution in [2.45, 2.75) is 6.42 Å². The molecule has 0 aromatic heterocycles. The molecule has 2 N–H and O–H groups in total. The number of hydrogen-bond donors (Lipinski definition) is 2. The minimum absolute atomic E-state index is 0.210. The molecule has 0 spiro atoms. The van der Waals surface area contributed by atoms with Crippen LogP contribution in [0.4, 0.5) is 4.39 Å². The Morgan fingerprint density at radius 2 is 1.94 bits per heavy atom. The Balaban J connectivity index is 3.03. The van der Waals surface area contributed by atoms with E-state index in [1.807, 2.05) is 0 Å². The van der Waals surface area contributed by atoms with E-state index in [0.29, 0.717) is 0 Å². The summed E-state index contributed by atoms with van der Waals surface area (Å²) in [6.45, 7) is 0. The molecule has 6 heteroatoms. The van der Waals surface area contributed by atoms with E-state index >= 15 is 0 Å². The average molecular weight is 242 g/mol. The van der Waals surface area contributed by atoms with E-state index in [-0.39, 0.29) is 17.7 Å². The van der Waals surface area contributed by atoms with Crippen LogP contribution in [-0.4, -0.2) is 29.3 Å². The third-order valence-electron chi connectivity index (χ3n) is 2.26. The van der Waals surface area contributed by atoms with Crippen molar-refractivity contribution in [3.05, 3.63) is 29.6 Å². The fourth-order valence-electron chi connectivity index (χ4n) is 1.41. The zero-order valence-corrected chi connectivity index (χ0v) is 9.01. The van der Waals surface area contributed by atoms with Gasteiger partial charge in [0, 0.05) is 6.42 Å². The van der Waals surface area contributed by atoms with Gasteiger partial charge in [-0.1, -0.05) is 0 Å². The summed E-state index contributed by atoms with van der Waals surface area (Å²) in [5.74, 6) is -4.87. The second kappa shape index (κ2) is 5.29. The molecule has 1 rings (SSSR count). The first kappa shape index (κ1) is 13.0. The molecule has 0 aliphatic rings. The fourth-order valence-corrected chi connectivity index (χ4v) is 1.41. The lowest BCUT2D eigenvalue weighted by atomic mass is 9.99. The quantitative estimate of drug-likeness (QED) is 0.757. The summed E-state index contributed by atoms with van der Waals surface area (Å²) in [4.78, 5) is 21.4. The molecular weight excluding hydrogens is 231 g/mol. The normalized spacial score (nSPS) is 10.3. The van der Waals surface area contributed by atoms with Gasteiger partial charge in [-0.25, -0.2) is 4.39 Å². The number of aliphatic carboxylic acids is 2. The van der Waals surface area contributed by atoms with Crippen molar-refractivity contribution in [3.8, 4) is 5.75 Å². The molecule has 0 atom stereocenters. The molecule has 0 heterocycles. The molecule has 0 bridgehead atoms. The molecule has 0 unspecified atom stereocenters. The summed E-state index contributed by atoms with van der Waals surface area (Å²) in [6, 6.07) is 3.54. The van der Waals surface area contributed by atoms with E-state index in [0.717, 1.165) is 12.1 Å². The Bertz CT molecular complexity index is 429. The Morgan fingerprint density at radius 1 is 1.35 bits per heavy atom. The van der Waals surface area contributed by atoms with Gasteiger partial charge in [0.05, 0.1) is 7.11 Å². The van der Waals surface area contributed by atoms with Crippen LogP contribution in [0.15, 0.2) is 18.2 Å². The van der Waals surface area contributed by atoms with Crippen LogP contribution in [0.5, 0.6) is 5.75 Å². The SMILES string of the molecule is COc1ccc(F)cc1CC(C(=O)O)C(=O)O. The number of benzene rings is 1. The molecule has 0 aliphatic heterocycles. The van der Waals surface area contributed by atoms with Gasteiger partial charge in [-0.3, -0.25) is 9.59 Å². The fraction of sp³-hybridized carbons (Fsp3) is 0.273. The highest BCUT2D eigenvalue weighted by Gasteiger charge is 2.27. The van der Waals surface area contributed by atoms with Crippen LogP contribution in [0.25, 0.3) is 0 Å². The van der Waals surface area contributed by atoms with Crippen molar-refractivity contribution in [3.63, 3.8) is 0 Å². The van der Waals surface area contributed by atoms with Gasteiger partial charge in [0.15, 0.2) is 5.92 Å². The number of halogens is 1. The lowest BCUT2D eigenvalue weighted by Gasteiger charge is -2.11. The van der Waals surface area contributed by atoms with E-state index in [9.17, 15) is 14.0 Å². The Morgan fingerprint density at radius 3 is 2.41 bits per heavy atom. The van der Waals surface area contributed by atoms with Gasteiger partial charge >= 0.3 is 11.9 Å². The van der Waals surface area contributed by atoms with Crippen LogP contribution in [0, 0.1) is 11.7 Å². The summed E-state index contributed by atoms with van der Waals surface area (Å²) in [7, 11) is 1.34. The molecule has 1 aromatic rings. The first-order valence-corrected chi connectivity index (χ1v) is 4.73. The number of carbonyl (C=O) groups is 2. The second-order valence-corrected chi connectivity index (χ2v) is 3.39. The topological polar surface area (TPSA) is 83.8 Å². The smallest absolute Gasteiger partial charge is 0.318 e. The number of hydrogen-bond acceptors (Lipinski definition) is 3. The molecule has 0 saturated carbocycles. The minimum atomic E-state index is -1.62. The average Bonchev–Trinajstić information content (AvgIpc) is 2.25. The maximum Gasteiger partial charge on any atom is 0.318 e. The van der Waals surface area contributed by atoms with Crippen molar-refractivity contribution in [1.82, 2.24) is 0 Å². The predicted molar refractivity (Wildman–Crippen MR) is 55.4 cm³/mol. The van der Waals surface area contributed by atoms with E-state index in [1.54, 1.807) is 0 Å². The molecule has 0 radical (unpaired) electrons. The van der Waals surface area contributed by atoms with Crippen LogP contribution in [0.2, 0.25) is 0 Å².